The fraction of sp³-hybridized carbons (Fsp3) is 0.308. The van der Waals surface area contributed by atoms with Crippen molar-refractivity contribution in [3.63, 3.8) is 0 Å². The van der Waals surface area contributed by atoms with Crippen molar-refractivity contribution < 1.29 is 0 Å². The molecule has 0 saturated heterocycles. The van der Waals surface area contributed by atoms with Crippen LogP contribution in [0.2, 0.25) is 5.02 Å². The highest BCUT2D eigenvalue weighted by Crippen LogP contribution is 2.30. The van der Waals surface area contributed by atoms with E-state index in [0.717, 1.165) is 40.2 Å². The predicted molar refractivity (Wildman–Crippen MR) is 72.2 cm³/mol. The van der Waals surface area contributed by atoms with Crippen molar-refractivity contribution in [3.05, 3.63) is 34.3 Å². The van der Waals surface area contributed by atoms with Crippen molar-refractivity contribution in [1.29, 1.82) is 0 Å². The van der Waals surface area contributed by atoms with Gasteiger partial charge in [0.2, 0.25) is 0 Å². The smallest absolute Gasteiger partial charge is 0.149 e. The Hall–Kier alpha value is -1.48. The standard InChI is InChI=1S/C13H16ClN3/c1-3-4-10-12(16-17-13(10)15)11-7-9(14)6-5-8(11)2/h5-7H,3-4H2,1-2H3,(H3,15,16,17). The lowest BCUT2D eigenvalue weighted by Crippen LogP contribution is -1.93. The second kappa shape index (κ2) is 4.80. The van der Waals surface area contributed by atoms with Gasteiger partial charge in [0.05, 0.1) is 5.69 Å². The maximum absolute atomic E-state index is 6.04. The number of rotatable bonds is 3. The first-order valence-electron chi connectivity index (χ1n) is 5.72. The zero-order valence-electron chi connectivity index (χ0n) is 10.0. The number of H-pyrrole nitrogens is 1. The number of aromatic nitrogens is 2. The molecule has 0 spiro atoms. The van der Waals surface area contributed by atoms with Gasteiger partial charge < -0.3 is 5.73 Å². The first-order chi connectivity index (χ1) is 8.13. The number of nitrogen functional groups attached to an aromatic ring is 1. The van der Waals surface area contributed by atoms with Crippen molar-refractivity contribution in [3.8, 4) is 11.3 Å². The number of hydrogen-bond donors (Lipinski definition) is 2. The SMILES string of the molecule is CCCc1c(N)n[nH]c1-c1cc(Cl)ccc1C. The molecule has 2 aromatic rings. The Morgan fingerprint density at radius 3 is 2.88 bits per heavy atom. The van der Waals surface area contributed by atoms with E-state index in [-0.39, 0.29) is 0 Å². The molecule has 1 heterocycles. The maximum Gasteiger partial charge on any atom is 0.149 e. The third-order valence-electron chi connectivity index (χ3n) is 2.87. The lowest BCUT2D eigenvalue weighted by atomic mass is 10.0. The summed E-state index contributed by atoms with van der Waals surface area (Å²) in [5.41, 5.74) is 10.2. The van der Waals surface area contributed by atoms with E-state index in [4.69, 9.17) is 17.3 Å². The van der Waals surface area contributed by atoms with E-state index in [0.29, 0.717) is 5.82 Å². The van der Waals surface area contributed by atoms with Crippen LogP contribution >= 0.6 is 11.6 Å². The van der Waals surface area contributed by atoms with Crippen LogP contribution in [0.1, 0.15) is 24.5 Å². The topological polar surface area (TPSA) is 54.7 Å². The molecule has 0 aliphatic rings. The molecule has 0 unspecified atom stereocenters. The van der Waals surface area contributed by atoms with Crippen LogP contribution in [0.5, 0.6) is 0 Å². The van der Waals surface area contributed by atoms with Crippen LogP contribution in [0.25, 0.3) is 11.3 Å². The zero-order chi connectivity index (χ0) is 12.4. The van der Waals surface area contributed by atoms with Crippen molar-refractivity contribution in [2.45, 2.75) is 26.7 Å². The average molecular weight is 250 g/mol. The van der Waals surface area contributed by atoms with E-state index in [1.165, 1.54) is 0 Å². The van der Waals surface area contributed by atoms with Gasteiger partial charge in [-0.25, -0.2) is 0 Å². The molecule has 3 nitrogen and oxygen atoms in total. The quantitative estimate of drug-likeness (QED) is 0.874. The van der Waals surface area contributed by atoms with E-state index in [1.54, 1.807) is 0 Å². The number of aryl methyl sites for hydroxylation is 1. The van der Waals surface area contributed by atoms with Gasteiger partial charge >= 0.3 is 0 Å². The monoisotopic (exact) mass is 249 g/mol. The third kappa shape index (κ3) is 2.29. The maximum atomic E-state index is 6.04. The third-order valence-corrected chi connectivity index (χ3v) is 3.10. The Balaban J connectivity index is 2.56. The minimum atomic E-state index is 0.584. The molecular formula is C13H16ClN3. The number of nitrogens with one attached hydrogen (secondary N) is 1. The summed E-state index contributed by atoms with van der Waals surface area (Å²) in [5.74, 6) is 0.584. The zero-order valence-corrected chi connectivity index (χ0v) is 10.8. The molecule has 0 aliphatic carbocycles. The highest BCUT2D eigenvalue weighted by molar-refractivity contribution is 6.30. The molecule has 0 amide bonds. The molecule has 3 N–H and O–H groups in total. The van der Waals surface area contributed by atoms with Gasteiger partial charge in [-0.1, -0.05) is 31.0 Å². The number of halogens is 1. The summed E-state index contributed by atoms with van der Waals surface area (Å²) in [4.78, 5) is 0. The molecule has 90 valence electrons. The summed E-state index contributed by atoms with van der Waals surface area (Å²) in [6, 6.07) is 5.84. The summed E-state index contributed by atoms with van der Waals surface area (Å²) < 4.78 is 0. The normalized spacial score (nSPS) is 10.8. The number of aromatic amines is 1. The molecule has 2 rings (SSSR count). The molecule has 0 radical (unpaired) electrons. The van der Waals surface area contributed by atoms with Crippen LogP contribution in [-0.4, -0.2) is 10.2 Å². The lowest BCUT2D eigenvalue weighted by Gasteiger charge is -2.07. The van der Waals surface area contributed by atoms with Crippen LogP contribution in [-0.2, 0) is 6.42 Å². The Morgan fingerprint density at radius 1 is 1.41 bits per heavy atom. The van der Waals surface area contributed by atoms with E-state index >= 15 is 0 Å². The molecule has 17 heavy (non-hydrogen) atoms. The van der Waals surface area contributed by atoms with E-state index in [9.17, 15) is 0 Å². The fourth-order valence-corrected chi connectivity index (χ4v) is 2.14. The van der Waals surface area contributed by atoms with E-state index in [1.807, 2.05) is 18.2 Å². The minimum Gasteiger partial charge on any atom is -0.382 e. The van der Waals surface area contributed by atoms with Gasteiger partial charge in [-0.05, 0) is 31.0 Å². The Kier molecular flexibility index (Phi) is 3.38. The summed E-state index contributed by atoms with van der Waals surface area (Å²) in [5, 5.41) is 7.82. The fourth-order valence-electron chi connectivity index (χ4n) is 1.97. The van der Waals surface area contributed by atoms with Crippen molar-refractivity contribution >= 4 is 17.4 Å². The second-order valence-corrected chi connectivity index (χ2v) is 4.61. The average Bonchev–Trinajstić information content (AvgIpc) is 2.65. The molecular weight excluding hydrogens is 234 g/mol. The molecule has 0 bridgehead atoms. The molecule has 0 atom stereocenters. The molecule has 0 saturated carbocycles. The second-order valence-electron chi connectivity index (χ2n) is 4.17. The first kappa shape index (κ1) is 12.0. The number of anilines is 1. The van der Waals surface area contributed by atoms with Gasteiger partial charge in [0.15, 0.2) is 0 Å². The van der Waals surface area contributed by atoms with Gasteiger partial charge in [-0.3, -0.25) is 5.10 Å². The van der Waals surface area contributed by atoms with Crippen molar-refractivity contribution in [2.24, 2.45) is 0 Å². The molecule has 0 aliphatic heterocycles. The van der Waals surface area contributed by atoms with Crippen LogP contribution < -0.4 is 5.73 Å². The minimum absolute atomic E-state index is 0.584. The van der Waals surface area contributed by atoms with Crippen LogP contribution in [0.3, 0.4) is 0 Å². The number of benzene rings is 1. The van der Waals surface area contributed by atoms with E-state index < -0.39 is 0 Å². The molecule has 0 fully saturated rings. The number of nitrogens with two attached hydrogens (primary N) is 1. The van der Waals surface area contributed by atoms with Gasteiger partial charge in [0.25, 0.3) is 0 Å². The van der Waals surface area contributed by atoms with Crippen molar-refractivity contribution in [2.75, 3.05) is 5.73 Å². The predicted octanol–water partition coefficient (Wildman–Crippen LogP) is 3.57. The first-order valence-corrected chi connectivity index (χ1v) is 6.10. The largest absolute Gasteiger partial charge is 0.382 e. The van der Waals surface area contributed by atoms with Crippen LogP contribution in [0.15, 0.2) is 18.2 Å². The summed E-state index contributed by atoms with van der Waals surface area (Å²) in [6.45, 7) is 4.18. The van der Waals surface area contributed by atoms with Crippen molar-refractivity contribution in [1.82, 2.24) is 10.2 Å². The van der Waals surface area contributed by atoms with Gasteiger partial charge in [0.1, 0.15) is 5.82 Å². The Bertz CT molecular complexity index is 531. The van der Waals surface area contributed by atoms with Gasteiger partial charge in [0, 0.05) is 16.1 Å². The summed E-state index contributed by atoms with van der Waals surface area (Å²) in [7, 11) is 0. The lowest BCUT2D eigenvalue weighted by molar-refractivity contribution is 0.926. The van der Waals surface area contributed by atoms with Gasteiger partial charge in [-0.15, -0.1) is 0 Å². The Labute approximate surface area is 106 Å². The number of nitrogens with zero attached hydrogens (tertiary/aromatic N) is 1. The summed E-state index contributed by atoms with van der Waals surface area (Å²) in [6.07, 6.45) is 1.96. The number of hydrogen-bond acceptors (Lipinski definition) is 2. The molecule has 1 aromatic carbocycles. The molecule has 1 aromatic heterocycles. The van der Waals surface area contributed by atoms with Crippen LogP contribution in [0, 0.1) is 6.92 Å². The van der Waals surface area contributed by atoms with Crippen LogP contribution in [0.4, 0.5) is 5.82 Å². The molecule has 4 heteroatoms. The van der Waals surface area contributed by atoms with Gasteiger partial charge in [-0.2, -0.15) is 5.10 Å². The summed E-state index contributed by atoms with van der Waals surface area (Å²) >= 11 is 6.04. The highest BCUT2D eigenvalue weighted by atomic mass is 35.5. The van der Waals surface area contributed by atoms with E-state index in [2.05, 4.69) is 24.0 Å². The Morgan fingerprint density at radius 2 is 2.18 bits per heavy atom. The highest BCUT2D eigenvalue weighted by Gasteiger charge is 2.13.